The summed E-state index contributed by atoms with van der Waals surface area (Å²) in [6.07, 6.45) is 8.85. The molecule has 2 saturated heterocycles. The third kappa shape index (κ3) is 5.70. The molecule has 0 aromatic heterocycles. The number of amides is 2. The Morgan fingerprint density at radius 1 is 0.935 bits per heavy atom. The van der Waals surface area contributed by atoms with E-state index in [2.05, 4.69) is 17.1 Å². The van der Waals surface area contributed by atoms with Gasteiger partial charge in [0.25, 0.3) is 0 Å². The molecule has 1 spiro atoms. The zero-order valence-electron chi connectivity index (χ0n) is 26.8. The number of hydrogen-bond acceptors (Lipinski definition) is 6. The van der Waals surface area contributed by atoms with Gasteiger partial charge in [0.2, 0.25) is 11.8 Å². The Labute approximate surface area is 271 Å². The second-order valence-corrected chi connectivity index (χ2v) is 14.9. The topological polar surface area (TPSA) is 119 Å². The van der Waals surface area contributed by atoms with Gasteiger partial charge in [0.15, 0.2) is 0 Å². The van der Waals surface area contributed by atoms with Crippen LogP contribution in [-0.4, -0.2) is 75.1 Å². The van der Waals surface area contributed by atoms with Crippen molar-refractivity contribution in [1.82, 2.24) is 15.1 Å². The highest BCUT2D eigenvalue weighted by Crippen LogP contribution is 2.62. The molecule has 4 aliphatic carbocycles. The van der Waals surface area contributed by atoms with E-state index in [-0.39, 0.29) is 22.8 Å². The van der Waals surface area contributed by atoms with Crippen LogP contribution in [0.5, 0.6) is 11.5 Å². The number of aliphatic hydroxyl groups excluding tert-OH is 1. The number of rotatable bonds is 10. The molecule has 246 valence electrons. The number of piperidine rings is 1. The number of unbranched alkanes of at least 4 members (excludes halogenated alkanes) is 1. The van der Waals surface area contributed by atoms with Crippen LogP contribution in [-0.2, 0) is 16.1 Å². The molecule has 4 saturated carbocycles. The minimum absolute atomic E-state index is 0.0852. The van der Waals surface area contributed by atoms with Gasteiger partial charge in [0.1, 0.15) is 23.1 Å². The fraction of sp³-hybridized carbons (Fsp3) is 0.595. The van der Waals surface area contributed by atoms with Gasteiger partial charge >= 0.3 is 5.97 Å². The average Bonchev–Trinajstić information content (AvgIpc) is 3.04. The number of nitrogens with one attached hydrogen (secondary N) is 1. The van der Waals surface area contributed by atoms with E-state index in [0.717, 1.165) is 44.2 Å². The Morgan fingerprint density at radius 2 is 1.50 bits per heavy atom. The highest BCUT2D eigenvalue weighted by molar-refractivity contribution is 6.00. The molecule has 2 atom stereocenters. The number of carbonyl (C=O) groups excluding carboxylic acids is 2. The fourth-order valence-corrected chi connectivity index (χ4v) is 9.89. The zero-order valence-corrected chi connectivity index (χ0v) is 26.8. The molecule has 6 fully saturated rings. The van der Waals surface area contributed by atoms with E-state index in [4.69, 9.17) is 9.84 Å². The second kappa shape index (κ2) is 12.3. The van der Waals surface area contributed by atoms with E-state index < -0.39 is 23.7 Å². The summed E-state index contributed by atoms with van der Waals surface area (Å²) in [6, 6.07) is 13.3. The first kappa shape index (κ1) is 31.2. The minimum atomic E-state index is -0.973. The molecule has 2 aliphatic heterocycles. The number of hydrogen-bond donors (Lipinski definition) is 3. The number of likely N-dealkylation sites (tertiary alicyclic amines) is 1. The van der Waals surface area contributed by atoms with Gasteiger partial charge in [-0.25, -0.2) is 4.79 Å². The highest BCUT2D eigenvalue weighted by atomic mass is 16.5. The number of benzene rings is 2. The number of aliphatic hydroxyl groups is 1. The van der Waals surface area contributed by atoms with Crippen LogP contribution in [0.3, 0.4) is 0 Å². The van der Waals surface area contributed by atoms with Crippen LogP contribution in [0.2, 0.25) is 0 Å². The van der Waals surface area contributed by atoms with Gasteiger partial charge in [-0.3, -0.25) is 14.5 Å². The van der Waals surface area contributed by atoms with Crippen LogP contribution in [0.4, 0.5) is 0 Å². The molecule has 2 amide bonds. The van der Waals surface area contributed by atoms with Crippen molar-refractivity contribution in [2.75, 3.05) is 19.6 Å². The maximum atomic E-state index is 14.3. The summed E-state index contributed by atoms with van der Waals surface area (Å²) in [5.41, 5.74) is 0.229. The van der Waals surface area contributed by atoms with Gasteiger partial charge in [-0.05, 0) is 123 Å². The van der Waals surface area contributed by atoms with E-state index >= 15 is 0 Å². The molecule has 6 aliphatic rings. The average molecular weight is 630 g/mol. The molecule has 9 nitrogen and oxygen atoms in total. The number of piperazine rings is 1. The van der Waals surface area contributed by atoms with Crippen LogP contribution in [0.1, 0.15) is 87.1 Å². The lowest BCUT2D eigenvalue weighted by atomic mass is 9.47. The number of nitrogens with zero attached hydrogens (tertiary/aromatic N) is 2. The minimum Gasteiger partial charge on any atom is -0.478 e. The second-order valence-electron chi connectivity index (χ2n) is 14.9. The van der Waals surface area contributed by atoms with Crippen molar-refractivity contribution in [3.63, 3.8) is 0 Å². The van der Waals surface area contributed by atoms with Crippen LogP contribution in [0, 0.1) is 23.2 Å². The van der Waals surface area contributed by atoms with Crippen molar-refractivity contribution in [3.8, 4) is 11.5 Å². The van der Waals surface area contributed by atoms with Crippen molar-refractivity contribution in [2.45, 2.75) is 95.4 Å². The smallest absolute Gasteiger partial charge is 0.335 e. The molecule has 0 unspecified atom stereocenters. The summed E-state index contributed by atoms with van der Waals surface area (Å²) in [5.74, 6) is 2.06. The number of ether oxygens (including phenoxy) is 1. The van der Waals surface area contributed by atoms with E-state index in [0.29, 0.717) is 61.7 Å². The number of carboxylic acids is 1. The van der Waals surface area contributed by atoms with Gasteiger partial charge in [-0.2, -0.15) is 0 Å². The summed E-state index contributed by atoms with van der Waals surface area (Å²) in [4.78, 5) is 43.6. The monoisotopic (exact) mass is 629 g/mol. The number of aromatic carboxylic acids is 1. The van der Waals surface area contributed by atoms with Crippen LogP contribution in [0.15, 0.2) is 48.5 Å². The third-order valence-electron chi connectivity index (χ3n) is 11.9. The van der Waals surface area contributed by atoms with E-state index in [1.54, 1.807) is 12.1 Å². The number of carbonyl (C=O) groups is 3. The Morgan fingerprint density at radius 3 is 2.04 bits per heavy atom. The summed E-state index contributed by atoms with van der Waals surface area (Å²) in [7, 11) is 0. The molecular weight excluding hydrogens is 582 g/mol. The van der Waals surface area contributed by atoms with Gasteiger partial charge in [-0.1, -0.05) is 25.5 Å². The predicted octanol–water partition coefficient (Wildman–Crippen LogP) is 5.22. The standard InChI is InChI=1S/C37H47N3O6/c1-2-3-14-40-33(42)31(32(41)36-20-25-17-26(21-36)19-27(18-25)22-36)38-35(45)37(40)12-15-39(16-13-37)23-24-4-8-29(9-5-24)46-30-10-6-28(7-11-30)34(43)44/h4-11,25-27,31-32,41H,2-3,12-23H2,1H3,(H,38,45)(H,43,44)/t25?,26?,27?,31-,32+,36?/m1/s1. The molecule has 46 heavy (non-hydrogen) atoms. The highest BCUT2D eigenvalue weighted by Gasteiger charge is 2.60. The summed E-state index contributed by atoms with van der Waals surface area (Å²) in [6.45, 7) is 4.77. The molecule has 0 radical (unpaired) electrons. The molecule has 2 aromatic carbocycles. The first-order valence-electron chi connectivity index (χ1n) is 17.3. The first-order chi connectivity index (χ1) is 22.2. The largest absolute Gasteiger partial charge is 0.478 e. The Kier molecular flexibility index (Phi) is 8.34. The van der Waals surface area contributed by atoms with Gasteiger partial charge in [0, 0.05) is 26.2 Å². The molecule has 2 heterocycles. The van der Waals surface area contributed by atoms with Crippen LogP contribution in [0.25, 0.3) is 0 Å². The maximum Gasteiger partial charge on any atom is 0.335 e. The zero-order chi connectivity index (χ0) is 32.1. The van der Waals surface area contributed by atoms with E-state index in [1.165, 1.54) is 31.4 Å². The predicted molar refractivity (Wildman–Crippen MR) is 172 cm³/mol. The molecule has 3 N–H and O–H groups in total. The first-order valence-corrected chi connectivity index (χ1v) is 17.3. The fourth-order valence-electron chi connectivity index (χ4n) is 9.89. The van der Waals surface area contributed by atoms with Crippen molar-refractivity contribution in [3.05, 3.63) is 59.7 Å². The van der Waals surface area contributed by atoms with Gasteiger partial charge < -0.3 is 25.2 Å². The molecule has 8 rings (SSSR count). The third-order valence-corrected chi connectivity index (χ3v) is 11.9. The van der Waals surface area contributed by atoms with Crippen molar-refractivity contribution in [2.24, 2.45) is 23.2 Å². The molecule has 2 aromatic rings. The van der Waals surface area contributed by atoms with Crippen molar-refractivity contribution < 1.29 is 29.3 Å². The Bertz CT molecular complexity index is 1410. The van der Waals surface area contributed by atoms with E-state index in [9.17, 15) is 19.5 Å². The normalized spacial score (nSPS) is 30.8. The Balaban J connectivity index is 0.996. The van der Waals surface area contributed by atoms with Crippen LogP contribution >= 0.6 is 0 Å². The van der Waals surface area contributed by atoms with Crippen molar-refractivity contribution >= 4 is 17.8 Å². The maximum absolute atomic E-state index is 14.3. The summed E-state index contributed by atoms with van der Waals surface area (Å²) >= 11 is 0. The molecular formula is C37H47N3O6. The van der Waals surface area contributed by atoms with Gasteiger partial charge in [-0.15, -0.1) is 0 Å². The lowest BCUT2D eigenvalue weighted by molar-refractivity contribution is -0.175. The molecule has 9 heteroatoms. The quantitative estimate of drug-likeness (QED) is 0.330. The van der Waals surface area contributed by atoms with Crippen molar-refractivity contribution in [1.29, 1.82) is 0 Å². The Hall–Kier alpha value is -3.43. The van der Waals surface area contributed by atoms with Gasteiger partial charge in [0.05, 0.1) is 11.7 Å². The molecule has 4 bridgehead atoms. The number of carboxylic acid groups (broad SMARTS) is 1. The lowest BCUT2D eigenvalue weighted by Gasteiger charge is -2.60. The summed E-state index contributed by atoms with van der Waals surface area (Å²) < 4.78 is 5.89. The lowest BCUT2D eigenvalue weighted by Crippen LogP contribution is -2.76. The van der Waals surface area contributed by atoms with E-state index in [1.807, 2.05) is 29.2 Å². The SMILES string of the molecule is CCCCN1C(=O)[C@@H]([C@H](O)C23CC4CC(CC(C4)C2)C3)NC(=O)C12CCN(Cc1ccc(Oc3ccc(C(=O)O)cc3)cc1)CC2. The summed E-state index contributed by atoms with van der Waals surface area (Å²) in [5, 5.41) is 24.1. The van der Waals surface area contributed by atoms with Crippen LogP contribution < -0.4 is 10.1 Å².